The number of nitrogens with zero attached hydrogens (tertiary/aromatic N) is 1. The molecule has 0 fully saturated rings. The van der Waals surface area contributed by atoms with Crippen LogP contribution in [0, 0.1) is 6.92 Å². The van der Waals surface area contributed by atoms with Crippen LogP contribution in [0.4, 0.5) is 5.69 Å². The van der Waals surface area contributed by atoms with Crippen LogP contribution in [0.15, 0.2) is 36.7 Å². The van der Waals surface area contributed by atoms with Gasteiger partial charge < -0.3 is 10.4 Å². The highest BCUT2D eigenvalue weighted by molar-refractivity contribution is 6.33. The lowest BCUT2D eigenvalue weighted by Crippen LogP contribution is -2.13. The van der Waals surface area contributed by atoms with E-state index in [-0.39, 0.29) is 11.7 Å². The number of carbonyl (C=O) groups is 1. The molecule has 0 spiro atoms. The molecule has 0 atom stereocenters. The molecule has 0 saturated carbocycles. The molecule has 5 heteroatoms. The number of phenolic OH excluding ortho intramolecular Hbond substituents is 1. The molecule has 0 bridgehead atoms. The molecular weight excluding hydrogens is 252 g/mol. The minimum atomic E-state index is -0.289. The SMILES string of the molecule is Cc1cc(O)ccc1C(=O)Nc1cnccc1Cl. The number of halogens is 1. The lowest BCUT2D eigenvalue weighted by Gasteiger charge is -2.08. The van der Waals surface area contributed by atoms with Gasteiger partial charge in [-0.25, -0.2) is 0 Å². The third-order valence-electron chi connectivity index (χ3n) is 2.47. The number of nitrogens with one attached hydrogen (secondary N) is 1. The summed E-state index contributed by atoms with van der Waals surface area (Å²) in [4.78, 5) is 15.9. The summed E-state index contributed by atoms with van der Waals surface area (Å²) in [6.07, 6.45) is 3.03. The highest BCUT2D eigenvalue weighted by Crippen LogP contribution is 2.21. The molecule has 1 aromatic heterocycles. The molecule has 0 aliphatic rings. The van der Waals surface area contributed by atoms with Crippen LogP contribution in [0.25, 0.3) is 0 Å². The quantitative estimate of drug-likeness (QED) is 0.875. The third-order valence-corrected chi connectivity index (χ3v) is 2.80. The zero-order valence-electron chi connectivity index (χ0n) is 9.64. The Labute approximate surface area is 109 Å². The van der Waals surface area contributed by atoms with Crippen molar-refractivity contribution in [3.8, 4) is 5.75 Å². The predicted octanol–water partition coefficient (Wildman–Crippen LogP) is 3.00. The second-order valence-electron chi connectivity index (χ2n) is 3.81. The van der Waals surface area contributed by atoms with Gasteiger partial charge in [0.25, 0.3) is 5.91 Å². The van der Waals surface area contributed by atoms with E-state index in [4.69, 9.17) is 11.6 Å². The number of carbonyl (C=O) groups excluding carboxylic acids is 1. The molecule has 4 nitrogen and oxygen atoms in total. The molecule has 2 aromatic rings. The molecule has 92 valence electrons. The largest absolute Gasteiger partial charge is 0.508 e. The summed E-state index contributed by atoms with van der Waals surface area (Å²) in [6.45, 7) is 1.75. The van der Waals surface area contributed by atoms with Crippen molar-refractivity contribution >= 4 is 23.2 Å². The Balaban J connectivity index is 2.25. The van der Waals surface area contributed by atoms with Crippen molar-refractivity contribution in [1.29, 1.82) is 0 Å². The molecule has 1 heterocycles. The normalized spacial score (nSPS) is 10.1. The van der Waals surface area contributed by atoms with Crippen LogP contribution in [0.2, 0.25) is 5.02 Å². The van der Waals surface area contributed by atoms with Gasteiger partial charge in [0.1, 0.15) is 5.75 Å². The molecule has 0 unspecified atom stereocenters. The molecule has 2 N–H and O–H groups in total. The van der Waals surface area contributed by atoms with Crippen LogP contribution >= 0.6 is 11.6 Å². The van der Waals surface area contributed by atoms with Crippen LogP contribution in [0.3, 0.4) is 0 Å². The van der Waals surface area contributed by atoms with Gasteiger partial charge in [0.2, 0.25) is 0 Å². The zero-order valence-corrected chi connectivity index (χ0v) is 10.4. The minimum Gasteiger partial charge on any atom is -0.508 e. The van der Waals surface area contributed by atoms with E-state index < -0.39 is 0 Å². The van der Waals surface area contributed by atoms with Crippen LogP contribution in [0.1, 0.15) is 15.9 Å². The molecule has 1 aromatic carbocycles. The van der Waals surface area contributed by atoms with Gasteiger partial charge in [-0.15, -0.1) is 0 Å². The van der Waals surface area contributed by atoms with Crippen LogP contribution < -0.4 is 5.32 Å². The summed E-state index contributed by atoms with van der Waals surface area (Å²) < 4.78 is 0. The predicted molar refractivity (Wildman–Crippen MR) is 70.0 cm³/mol. The van der Waals surface area contributed by atoms with Gasteiger partial charge in [0.05, 0.1) is 16.9 Å². The number of phenols is 1. The highest BCUT2D eigenvalue weighted by Gasteiger charge is 2.11. The topological polar surface area (TPSA) is 62.2 Å². The van der Waals surface area contributed by atoms with Crippen molar-refractivity contribution in [3.05, 3.63) is 52.8 Å². The Hall–Kier alpha value is -2.07. The summed E-state index contributed by atoms with van der Waals surface area (Å²) >= 11 is 5.93. The van der Waals surface area contributed by atoms with Crippen molar-refractivity contribution in [1.82, 2.24) is 4.98 Å². The first-order chi connectivity index (χ1) is 8.58. The van der Waals surface area contributed by atoms with E-state index in [0.29, 0.717) is 21.8 Å². The number of amides is 1. The van der Waals surface area contributed by atoms with E-state index in [9.17, 15) is 9.90 Å². The molecule has 0 aliphatic heterocycles. The Bertz CT molecular complexity index is 599. The van der Waals surface area contributed by atoms with Crippen molar-refractivity contribution in [2.75, 3.05) is 5.32 Å². The van der Waals surface area contributed by atoms with Gasteiger partial charge >= 0.3 is 0 Å². The number of hydrogen-bond acceptors (Lipinski definition) is 3. The number of hydrogen-bond donors (Lipinski definition) is 2. The standard InChI is InChI=1S/C13H11ClN2O2/c1-8-6-9(17)2-3-10(8)13(18)16-12-7-15-5-4-11(12)14/h2-7,17H,1H3,(H,16,18). The van der Waals surface area contributed by atoms with Crippen molar-refractivity contribution in [2.24, 2.45) is 0 Å². The van der Waals surface area contributed by atoms with E-state index in [1.165, 1.54) is 18.3 Å². The summed E-state index contributed by atoms with van der Waals surface area (Å²) in [5, 5.41) is 12.4. The number of aryl methyl sites for hydroxylation is 1. The van der Waals surface area contributed by atoms with Gasteiger partial charge in [0, 0.05) is 11.8 Å². The number of aromatic nitrogens is 1. The molecule has 1 amide bonds. The molecule has 0 aliphatic carbocycles. The van der Waals surface area contributed by atoms with E-state index >= 15 is 0 Å². The molecule has 18 heavy (non-hydrogen) atoms. The number of anilines is 1. The average molecular weight is 263 g/mol. The molecular formula is C13H11ClN2O2. The van der Waals surface area contributed by atoms with E-state index in [1.54, 1.807) is 25.3 Å². The first kappa shape index (κ1) is 12.4. The van der Waals surface area contributed by atoms with Gasteiger partial charge in [-0.1, -0.05) is 11.6 Å². The number of pyridine rings is 1. The number of rotatable bonds is 2. The van der Waals surface area contributed by atoms with E-state index in [2.05, 4.69) is 10.3 Å². The van der Waals surface area contributed by atoms with Crippen LogP contribution in [0.5, 0.6) is 5.75 Å². The fraction of sp³-hybridized carbons (Fsp3) is 0.0769. The first-order valence-electron chi connectivity index (χ1n) is 5.28. The Morgan fingerprint density at radius 2 is 2.17 bits per heavy atom. The Morgan fingerprint density at radius 3 is 2.83 bits per heavy atom. The second kappa shape index (κ2) is 5.06. The monoisotopic (exact) mass is 262 g/mol. The van der Waals surface area contributed by atoms with E-state index in [0.717, 1.165) is 0 Å². The summed E-state index contributed by atoms with van der Waals surface area (Å²) in [6, 6.07) is 6.15. The Kier molecular flexibility index (Phi) is 3.48. The zero-order chi connectivity index (χ0) is 13.1. The highest BCUT2D eigenvalue weighted by atomic mass is 35.5. The maximum atomic E-state index is 12.0. The fourth-order valence-corrected chi connectivity index (χ4v) is 1.71. The molecule has 0 saturated heterocycles. The number of benzene rings is 1. The van der Waals surface area contributed by atoms with Gasteiger partial charge in [-0.3, -0.25) is 9.78 Å². The molecule has 0 radical (unpaired) electrons. The third kappa shape index (κ3) is 2.60. The lowest BCUT2D eigenvalue weighted by atomic mass is 10.1. The summed E-state index contributed by atoms with van der Waals surface area (Å²) in [5.74, 6) is -0.161. The Morgan fingerprint density at radius 1 is 1.39 bits per heavy atom. The smallest absolute Gasteiger partial charge is 0.256 e. The maximum Gasteiger partial charge on any atom is 0.256 e. The maximum absolute atomic E-state index is 12.0. The number of aromatic hydroxyl groups is 1. The van der Waals surface area contributed by atoms with Crippen molar-refractivity contribution < 1.29 is 9.90 Å². The fourth-order valence-electron chi connectivity index (χ4n) is 1.56. The van der Waals surface area contributed by atoms with Crippen LogP contribution in [-0.4, -0.2) is 16.0 Å². The first-order valence-corrected chi connectivity index (χ1v) is 5.66. The minimum absolute atomic E-state index is 0.128. The van der Waals surface area contributed by atoms with Gasteiger partial charge in [-0.2, -0.15) is 0 Å². The van der Waals surface area contributed by atoms with Gasteiger partial charge in [-0.05, 0) is 36.8 Å². The van der Waals surface area contributed by atoms with E-state index in [1.807, 2.05) is 0 Å². The summed E-state index contributed by atoms with van der Waals surface area (Å²) in [5.41, 5.74) is 1.62. The van der Waals surface area contributed by atoms with Gasteiger partial charge in [0.15, 0.2) is 0 Å². The molecule has 2 rings (SSSR count). The van der Waals surface area contributed by atoms with Crippen LogP contribution in [-0.2, 0) is 0 Å². The van der Waals surface area contributed by atoms with Crippen molar-refractivity contribution in [3.63, 3.8) is 0 Å². The average Bonchev–Trinajstić information content (AvgIpc) is 2.32. The second-order valence-corrected chi connectivity index (χ2v) is 4.22. The lowest BCUT2D eigenvalue weighted by molar-refractivity contribution is 0.102. The summed E-state index contributed by atoms with van der Waals surface area (Å²) in [7, 11) is 0. The van der Waals surface area contributed by atoms with Crippen molar-refractivity contribution in [2.45, 2.75) is 6.92 Å².